The van der Waals surface area contributed by atoms with E-state index in [0.717, 1.165) is 5.56 Å². The van der Waals surface area contributed by atoms with Gasteiger partial charge in [-0.1, -0.05) is 11.6 Å². The minimum absolute atomic E-state index is 0.487. The van der Waals surface area contributed by atoms with Crippen LogP contribution in [0.5, 0.6) is 5.75 Å². The van der Waals surface area contributed by atoms with Crippen LogP contribution in [0, 0.1) is 5.41 Å². The smallest absolute Gasteiger partial charge is 0.121 e. The first-order valence-corrected chi connectivity index (χ1v) is 5.25. The van der Waals surface area contributed by atoms with Gasteiger partial charge in [-0.05, 0) is 24.5 Å². The van der Waals surface area contributed by atoms with Crippen molar-refractivity contribution < 1.29 is 4.74 Å². The first-order chi connectivity index (χ1) is 6.17. The number of rotatable bonds is 2. The zero-order valence-electron chi connectivity index (χ0n) is 7.43. The fourth-order valence-electron chi connectivity index (χ4n) is 0.930. The van der Waals surface area contributed by atoms with Gasteiger partial charge in [-0.3, -0.25) is 5.41 Å². The summed E-state index contributed by atoms with van der Waals surface area (Å²) in [6, 6.07) is 5.27. The Morgan fingerprint density at radius 2 is 2.15 bits per heavy atom. The fourth-order valence-corrected chi connectivity index (χ4v) is 1.51. The molecule has 13 heavy (non-hydrogen) atoms. The van der Waals surface area contributed by atoms with Crippen LogP contribution in [0.3, 0.4) is 0 Å². The van der Waals surface area contributed by atoms with Gasteiger partial charge in [0.05, 0.1) is 12.2 Å². The zero-order valence-corrected chi connectivity index (χ0v) is 9.00. The molecule has 0 heterocycles. The lowest BCUT2D eigenvalue weighted by Crippen LogP contribution is -1.93. The molecular weight excluding hydrogens is 206 g/mol. The van der Waals surface area contributed by atoms with Gasteiger partial charge < -0.3 is 4.74 Å². The summed E-state index contributed by atoms with van der Waals surface area (Å²) < 4.78 is 5.04. The van der Waals surface area contributed by atoms with Crippen LogP contribution >= 0.6 is 23.4 Å². The second kappa shape index (κ2) is 4.53. The van der Waals surface area contributed by atoms with Gasteiger partial charge in [-0.2, -0.15) is 0 Å². The van der Waals surface area contributed by atoms with Crippen LogP contribution in [0.25, 0.3) is 0 Å². The molecule has 0 saturated heterocycles. The van der Waals surface area contributed by atoms with Gasteiger partial charge in [-0.15, -0.1) is 11.8 Å². The van der Waals surface area contributed by atoms with Crippen molar-refractivity contribution in [2.75, 3.05) is 13.4 Å². The Hall–Kier alpha value is -0.670. The van der Waals surface area contributed by atoms with Crippen molar-refractivity contribution in [2.45, 2.75) is 0 Å². The van der Waals surface area contributed by atoms with E-state index in [9.17, 15) is 0 Å². The third kappa shape index (κ3) is 2.64. The summed E-state index contributed by atoms with van der Waals surface area (Å²) in [6.45, 7) is 0. The van der Waals surface area contributed by atoms with Gasteiger partial charge >= 0.3 is 0 Å². The van der Waals surface area contributed by atoms with Crippen LogP contribution in [-0.2, 0) is 0 Å². The zero-order chi connectivity index (χ0) is 9.84. The van der Waals surface area contributed by atoms with E-state index in [0.29, 0.717) is 15.8 Å². The molecule has 70 valence electrons. The van der Waals surface area contributed by atoms with Crippen LogP contribution in [0.2, 0.25) is 5.02 Å². The highest BCUT2D eigenvalue weighted by molar-refractivity contribution is 8.13. The molecule has 0 saturated carbocycles. The first-order valence-electron chi connectivity index (χ1n) is 3.65. The second-order valence-corrected chi connectivity index (χ2v) is 3.67. The topological polar surface area (TPSA) is 33.1 Å². The average molecular weight is 216 g/mol. The maximum absolute atomic E-state index is 7.60. The Kier molecular flexibility index (Phi) is 3.63. The van der Waals surface area contributed by atoms with Crippen molar-refractivity contribution in [2.24, 2.45) is 0 Å². The molecule has 0 bridgehead atoms. The molecule has 0 atom stereocenters. The Morgan fingerprint density at radius 3 is 2.69 bits per heavy atom. The number of hydrogen-bond acceptors (Lipinski definition) is 3. The molecule has 0 amide bonds. The largest absolute Gasteiger partial charge is 0.497 e. The standard InChI is InChI=1S/C9H10ClNOS/c1-12-8-4-6(9(11)13-2)3-7(10)5-8/h3-5,11H,1-2H3. The van der Waals surface area contributed by atoms with E-state index in [1.54, 1.807) is 25.3 Å². The number of ether oxygens (including phenoxy) is 1. The minimum Gasteiger partial charge on any atom is -0.497 e. The number of halogens is 1. The number of thioether (sulfide) groups is 1. The predicted octanol–water partition coefficient (Wildman–Crippen LogP) is 3.04. The second-order valence-electron chi connectivity index (χ2n) is 2.41. The molecule has 1 rings (SSSR count). The summed E-state index contributed by atoms with van der Waals surface area (Å²) in [6.07, 6.45) is 1.86. The Labute approximate surface area is 86.8 Å². The van der Waals surface area contributed by atoms with E-state index in [2.05, 4.69) is 0 Å². The van der Waals surface area contributed by atoms with E-state index in [1.165, 1.54) is 11.8 Å². The maximum atomic E-state index is 7.60. The highest BCUT2D eigenvalue weighted by Gasteiger charge is 2.03. The van der Waals surface area contributed by atoms with Crippen molar-refractivity contribution in [1.82, 2.24) is 0 Å². The quantitative estimate of drug-likeness (QED) is 0.608. The van der Waals surface area contributed by atoms with Gasteiger partial charge in [0.15, 0.2) is 0 Å². The first kappa shape index (κ1) is 10.4. The normalized spacial score (nSPS) is 9.77. The average Bonchev–Trinajstić information content (AvgIpc) is 2.15. The Morgan fingerprint density at radius 1 is 1.46 bits per heavy atom. The van der Waals surface area contributed by atoms with Gasteiger partial charge in [0.25, 0.3) is 0 Å². The van der Waals surface area contributed by atoms with E-state index >= 15 is 0 Å². The molecule has 2 nitrogen and oxygen atoms in total. The lowest BCUT2D eigenvalue weighted by atomic mass is 10.2. The lowest BCUT2D eigenvalue weighted by molar-refractivity contribution is 0.415. The molecule has 0 aliphatic rings. The fraction of sp³-hybridized carbons (Fsp3) is 0.222. The minimum atomic E-state index is 0.487. The van der Waals surface area contributed by atoms with E-state index in [-0.39, 0.29) is 0 Å². The van der Waals surface area contributed by atoms with Crippen LogP contribution < -0.4 is 4.74 Å². The summed E-state index contributed by atoms with van der Waals surface area (Å²) in [7, 11) is 1.58. The Bertz CT molecular complexity index is 327. The van der Waals surface area contributed by atoms with Crippen LogP contribution in [-0.4, -0.2) is 18.4 Å². The molecule has 0 radical (unpaired) electrons. The van der Waals surface area contributed by atoms with E-state index in [1.807, 2.05) is 6.26 Å². The van der Waals surface area contributed by atoms with Gasteiger partial charge in [0, 0.05) is 10.6 Å². The molecular formula is C9H10ClNOS. The van der Waals surface area contributed by atoms with Crippen molar-refractivity contribution in [1.29, 1.82) is 5.41 Å². The van der Waals surface area contributed by atoms with Crippen molar-refractivity contribution in [3.63, 3.8) is 0 Å². The van der Waals surface area contributed by atoms with E-state index in [4.69, 9.17) is 21.7 Å². The number of benzene rings is 1. The molecule has 1 N–H and O–H groups in total. The molecule has 1 aromatic carbocycles. The SMILES string of the molecule is COc1cc(Cl)cc(C(=N)SC)c1. The van der Waals surface area contributed by atoms with Crippen molar-refractivity contribution >= 4 is 28.4 Å². The summed E-state index contributed by atoms with van der Waals surface area (Å²) >= 11 is 7.22. The summed E-state index contributed by atoms with van der Waals surface area (Å²) in [5, 5.41) is 8.67. The molecule has 0 spiro atoms. The monoisotopic (exact) mass is 215 g/mol. The number of methoxy groups -OCH3 is 1. The number of nitrogens with one attached hydrogen (secondary N) is 1. The van der Waals surface area contributed by atoms with Crippen molar-refractivity contribution in [3.8, 4) is 5.75 Å². The molecule has 0 unspecified atom stereocenters. The molecule has 0 aromatic heterocycles. The summed E-state index contributed by atoms with van der Waals surface area (Å²) in [4.78, 5) is 0. The molecule has 0 aliphatic carbocycles. The van der Waals surface area contributed by atoms with Crippen molar-refractivity contribution in [3.05, 3.63) is 28.8 Å². The molecule has 0 fully saturated rings. The summed E-state index contributed by atoms with van der Waals surface area (Å²) in [5.41, 5.74) is 0.789. The molecule has 1 aromatic rings. The third-order valence-corrected chi connectivity index (χ3v) is 2.44. The number of hydrogen-bond donors (Lipinski definition) is 1. The maximum Gasteiger partial charge on any atom is 0.121 e. The van der Waals surface area contributed by atoms with Crippen LogP contribution in [0.4, 0.5) is 0 Å². The highest BCUT2D eigenvalue weighted by atomic mass is 35.5. The Balaban J connectivity index is 3.08. The molecule has 0 aliphatic heterocycles. The van der Waals surface area contributed by atoms with Crippen LogP contribution in [0.15, 0.2) is 18.2 Å². The van der Waals surface area contributed by atoms with Gasteiger partial charge in [0.1, 0.15) is 5.75 Å². The van der Waals surface area contributed by atoms with Gasteiger partial charge in [0.2, 0.25) is 0 Å². The van der Waals surface area contributed by atoms with Gasteiger partial charge in [-0.25, -0.2) is 0 Å². The summed E-state index contributed by atoms with van der Waals surface area (Å²) in [5.74, 6) is 0.682. The highest BCUT2D eigenvalue weighted by Crippen LogP contribution is 2.22. The molecule has 4 heteroatoms. The third-order valence-electron chi connectivity index (χ3n) is 1.57. The lowest BCUT2D eigenvalue weighted by Gasteiger charge is -2.04. The predicted molar refractivity (Wildman–Crippen MR) is 58.3 cm³/mol. The van der Waals surface area contributed by atoms with E-state index < -0.39 is 0 Å². The van der Waals surface area contributed by atoms with Crippen LogP contribution in [0.1, 0.15) is 5.56 Å².